The van der Waals surface area contributed by atoms with Gasteiger partial charge in [-0.15, -0.1) is 11.3 Å². The van der Waals surface area contributed by atoms with Crippen molar-refractivity contribution in [3.63, 3.8) is 0 Å². The number of carbonyl (C=O) groups excluding carboxylic acids is 2. The third-order valence-corrected chi connectivity index (χ3v) is 10.3. The first kappa shape index (κ1) is 30.6. The van der Waals surface area contributed by atoms with Gasteiger partial charge in [0.25, 0.3) is 15.9 Å². The van der Waals surface area contributed by atoms with Gasteiger partial charge in [0.1, 0.15) is 5.75 Å². The Hall–Kier alpha value is -5.44. The number of thiazole rings is 1. The Morgan fingerprint density at radius 1 is 0.978 bits per heavy atom. The summed E-state index contributed by atoms with van der Waals surface area (Å²) in [6.45, 7) is 3.40. The van der Waals surface area contributed by atoms with Crippen molar-refractivity contribution in [2.45, 2.75) is 17.4 Å². The molecule has 6 rings (SSSR count). The van der Waals surface area contributed by atoms with Gasteiger partial charge in [0, 0.05) is 43.3 Å². The molecule has 1 aromatic heterocycles. The Morgan fingerprint density at radius 2 is 1.67 bits per heavy atom. The maximum Gasteiger partial charge on any atom is 0.411 e. The highest BCUT2D eigenvalue weighted by atomic mass is 32.2. The fourth-order valence-electron chi connectivity index (χ4n) is 5.58. The van der Waals surface area contributed by atoms with Crippen LogP contribution in [-0.2, 0) is 25.2 Å². The minimum atomic E-state index is -4.61. The summed E-state index contributed by atoms with van der Waals surface area (Å²) >= 11 is 1.48. The van der Waals surface area contributed by atoms with Gasteiger partial charge in [-0.2, -0.15) is 14.8 Å². The number of fused-ring (bicyclic) bond motifs is 1. The molecule has 2 aliphatic rings. The summed E-state index contributed by atoms with van der Waals surface area (Å²) in [5.41, 5.74) is -1.97. The average molecular weight is 655 g/mol. The molecule has 0 radical (unpaired) electrons. The fraction of sp³-hybridized carbons (Fsp3) is 0.219. The van der Waals surface area contributed by atoms with Gasteiger partial charge in [0.05, 0.1) is 46.0 Å². The molecule has 232 valence electrons. The van der Waals surface area contributed by atoms with Crippen molar-refractivity contribution in [3.05, 3.63) is 101 Å². The van der Waals surface area contributed by atoms with Crippen LogP contribution in [0.4, 0.5) is 15.6 Å². The molecule has 0 saturated carbocycles. The van der Waals surface area contributed by atoms with E-state index in [0.717, 1.165) is 5.13 Å². The van der Waals surface area contributed by atoms with E-state index in [1.54, 1.807) is 31.3 Å². The molecule has 46 heavy (non-hydrogen) atoms. The zero-order valence-electron chi connectivity index (χ0n) is 24.5. The SMILES string of the molecule is CCOc1ccccc1C1(OC(=O)N2CCN(c3nccs3)CC2)C(=O)N(S(=O)(=O)c2ccc(C#N)cc2)c2ccc(C#N)cc21. The van der Waals surface area contributed by atoms with Crippen LogP contribution in [0, 0.1) is 22.7 Å². The summed E-state index contributed by atoms with van der Waals surface area (Å²) in [6.07, 6.45) is 0.862. The predicted octanol–water partition coefficient (Wildman–Crippen LogP) is 4.22. The van der Waals surface area contributed by atoms with Crippen molar-refractivity contribution in [1.29, 1.82) is 10.5 Å². The summed E-state index contributed by atoms with van der Waals surface area (Å²) in [5.74, 6) is -0.880. The largest absolute Gasteiger partial charge is 0.493 e. The number of para-hydroxylation sites is 1. The lowest BCUT2D eigenvalue weighted by atomic mass is 9.85. The second kappa shape index (κ2) is 12.2. The first-order valence-corrected chi connectivity index (χ1v) is 16.6. The van der Waals surface area contributed by atoms with Crippen LogP contribution in [0.1, 0.15) is 29.2 Å². The van der Waals surface area contributed by atoms with Crippen LogP contribution < -0.4 is 13.9 Å². The number of piperazine rings is 1. The molecule has 1 atom stereocenters. The summed E-state index contributed by atoms with van der Waals surface area (Å²) in [5, 5.41) is 21.7. The van der Waals surface area contributed by atoms with Gasteiger partial charge in [0.2, 0.25) is 5.60 Å². The van der Waals surface area contributed by atoms with Crippen LogP contribution >= 0.6 is 11.3 Å². The number of amides is 2. The molecule has 1 fully saturated rings. The van der Waals surface area contributed by atoms with Crippen molar-refractivity contribution in [2.24, 2.45) is 0 Å². The molecule has 12 nitrogen and oxygen atoms in total. The van der Waals surface area contributed by atoms with Crippen molar-refractivity contribution < 1.29 is 27.5 Å². The molecule has 0 spiro atoms. The van der Waals surface area contributed by atoms with Crippen LogP contribution in [0.15, 0.2) is 83.2 Å². The molecular weight excluding hydrogens is 629 g/mol. The molecule has 2 amide bonds. The summed E-state index contributed by atoms with van der Waals surface area (Å²) in [6, 6.07) is 19.6. The van der Waals surface area contributed by atoms with Crippen LogP contribution in [0.2, 0.25) is 0 Å². The Labute approximate surface area is 269 Å². The Kier molecular flexibility index (Phi) is 8.08. The number of benzene rings is 3. The van der Waals surface area contributed by atoms with Gasteiger partial charge in [-0.3, -0.25) is 4.79 Å². The molecule has 0 N–H and O–H groups in total. The molecule has 4 aromatic rings. The van der Waals surface area contributed by atoms with Crippen molar-refractivity contribution in [1.82, 2.24) is 9.88 Å². The monoisotopic (exact) mass is 654 g/mol. The number of carbonyl (C=O) groups is 2. The topological polar surface area (TPSA) is 157 Å². The molecule has 14 heteroatoms. The molecular formula is C32H26N6O6S2. The van der Waals surface area contributed by atoms with E-state index >= 15 is 0 Å². The van der Waals surface area contributed by atoms with Gasteiger partial charge < -0.3 is 19.3 Å². The van der Waals surface area contributed by atoms with E-state index in [2.05, 4.69) is 4.98 Å². The number of nitrogens with zero attached hydrogens (tertiary/aromatic N) is 6. The molecule has 3 aromatic carbocycles. The average Bonchev–Trinajstić information content (AvgIpc) is 3.71. The van der Waals surface area contributed by atoms with Gasteiger partial charge in [-0.1, -0.05) is 18.2 Å². The lowest BCUT2D eigenvalue weighted by Crippen LogP contribution is -2.53. The normalized spacial score (nSPS) is 17.6. The number of hydrogen-bond donors (Lipinski definition) is 0. The minimum absolute atomic E-state index is 0.00399. The molecule has 0 aliphatic carbocycles. The zero-order valence-corrected chi connectivity index (χ0v) is 26.1. The Bertz CT molecular complexity index is 2000. The smallest absolute Gasteiger partial charge is 0.411 e. The number of rotatable bonds is 7. The highest BCUT2D eigenvalue weighted by Crippen LogP contribution is 2.52. The fourth-order valence-corrected chi connectivity index (χ4v) is 7.73. The van der Waals surface area contributed by atoms with E-state index in [-0.39, 0.29) is 58.3 Å². The highest BCUT2D eigenvalue weighted by molar-refractivity contribution is 7.93. The quantitative estimate of drug-likeness (QED) is 0.283. The van der Waals surface area contributed by atoms with E-state index in [1.807, 2.05) is 22.4 Å². The van der Waals surface area contributed by atoms with E-state index in [4.69, 9.17) is 9.47 Å². The van der Waals surface area contributed by atoms with E-state index in [1.165, 1.54) is 64.8 Å². The van der Waals surface area contributed by atoms with Crippen molar-refractivity contribution in [3.8, 4) is 17.9 Å². The number of anilines is 2. The third kappa shape index (κ3) is 5.07. The maximum absolute atomic E-state index is 14.9. The van der Waals surface area contributed by atoms with Gasteiger partial charge in [-0.25, -0.2) is 18.2 Å². The molecule has 0 bridgehead atoms. The maximum atomic E-state index is 14.9. The van der Waals surface area contributed by atoms with E-state index < -0.39 is 27.6 Å². The third-order valence-electron chi connectivity index (χ3n) is 7.77. The number of aromatic nitrogens is 1. The van der Waals surface area contributed by atoms with Crippen LogP contribution in [0.5, 0.6) is 5.75 Å². The van der Waals surface area contributed by atoms with E-state index in [9.17, 15) is 28.5 Å². The lowest BCUT2D eigenvalue weighted by molar-refractivity contribution is -0.132. The molecule has 1 saturated heterocycles. The second-order valence-corrected chi connectivity index (χ2v) is 13.0. The van der Waals surface area contributed by atoms with Gasteiger partial charge in [0.15, 0.2) is 5.13 Å². The number of sulfonamides is 1. The van der Waals surface area contributed by atoms with Crippen LogP contribution in [0.25, 0.3) is 0 Å². The molecule has 2 aliphatic heterocycles. The first-order chi connectivity index (χ1) is 22.2. The Balaban J connectivity index is 1.49. The van der Waals surface area contributed by atoms with Gasteiger partial charge >= 0.3 is 6.09 Å². The molecule has 1 unspecified atom stereocenters. The standard InChI is InChI=1S/C32H26N6O6S2/c1-2-43-28-6-4-3-5-25(28)32(44-31(40)37-16-14-36(15-17-37)30-35-13-18-45-30)26-19-23(21-34)9-12-27(26)38(29(32)39)46(41,42)24-10-7-22(20-33)8-11-24/h3-13,18-19H,2,14-17H2,1H3. The van der Waals surface area contributed by atoms with E-state index in [0.29, 0.717) is 17.4 Å². The summed E-state index contributed by atoms with van der Waals surface area (Å²) in [4.78, 5) is 36.4. The first-order valence-electron chi connectivity index (χ1n) is 14.2. The predicted molar refractivity (Wildman–Crippen MR) is 168 cm³/mol. The van der Waals surface area contributed by atoms with Gasteiger partial charge in [-0.05, 0) is 55.5 Å². The van der Waals surface area contributed by atoms with Crippen LogP contribution in [-0.4, -0.2) is 63.1 Å². The number of ether oxygens (including phenoxy) is 2. The zero-order chi connectivity index (χ0) is 32.5. The summed E-state index contributed by atoms with van der Waals surface area (Å²) in [7, 11) is -4.61. The van der Waals surface area contributed by atoms with Crippen LogP contribution in [0.3, 0.4) is 0 Å². The molecule has 3 heterocycles. The number of nitriles is 2. The van der Waals surface area contributed by atoms with Crippen molar-refractivity contribution in [2.75, 3.05) is 42.0 Å². The highest BCUT2D eigenvalue weighted by Gasteiger charge is 2.61. The van der Waals surface area contributed by atoms with Crippen molar-refractivity contribution >= 4 is 44.2 Å². The number of hydrogen-bond acceptors (Lipinski definition) is 11. The summed E-state index contributed by atoms with van der Waals surface area (Å²) < 4.78 is 41.1. The second-order valence-electron chi connectivity index (χ2n) is 10.3. The minimum Gasteiger partial charge on any atom is -0.493 e. The Morgan fingerprint density at radius 3 is 2.33 bits per heavy atom. The lowest BCUT2D eigenvalue weighted by Gasteiger charge is -2.37.